The lowest BCUT2D eigenvalue weighted by molar-refractivity contribution is 0.101. The van der Waals surface area contributed by atoms with Gasteiger partial charge in [0.1, 0.15) is 0 Å². The summed E-state index contributed by atoms with van der Waals surface area (Å²) in [7, 11) is 0. The van der Waals surface area contributed by atoms with Crippen LogP contribution in [-0.4, -0.2) is 11.6 Å². The number of hydrogen-bond donors (Lipinski definition) is 0. The van der Waals surface area contributed by atoms with E-state index in [0.29, 0.717) is 0 Å². The van der Waals surface area contributed by atoms with E-state index in [1.807, 2.05) is 18.2 Å². The number of benzene rings is 2. The zero-order valence-electron chi connectivity index (χ0n) is 13.1. The number of fused-ring (bicyclic) bond motifs is 1. The molecule has 0 radical (unpaired) electrons. The highest BCUT2D eigenvalue weighted by Gasteiger charge is 2.31. The first-order valence-corrected chi connectivity index (χ1v) is 8.38. The zero-order valence-corrected chi connectivity index (χ0v) is 13.9. The van der Waals surface area contributed by atoms with Crippen LogP contribution >= 0.6 is 11.8 Å². The molecule has 112 valence electrons. The van der Waals surface area contributed by atoms with Gasteiger partial charge in [0.05, 0.1) is 11.3 Å². The molecular weight excluding hydrogens is 290 g/mol. The van der Waals surface area contributed by atoms with E-state index in [1.165, 1.54) is 10.5 Å². The van der Waals surface area contributed by atoms with Gasteiger partial charge in [0.2, 0.25) is 0 Å². The van der Waals surface area contributed by atoms with Crippen molar-refractivity contribution in [2.75, 3.05) is 0 Å². The predicted molar refractivity (Wildman–Crippen MR) is 92.8 cm³/mol. The molecule has 0 saturated carbocycles. The molecule has 0 aromatic heterocycles. The number of carbonyl (C=O) groups excluding carboxylic acids is 1. The molecule has 0 saturated heterocycles. The molecule has 2 aromatic rings. The first kappa shape index (κ1) is 15.0. The van der Waals surface area contributed by atoms with Crippen molar-refractivity contribution in [2.45, 2.75) is 31.4 Å². The van der Waals surface area contributed by atoms with E-state index in [1.54, 1.807) is 11.8 Å². The Bertz CT molecular complexity index is 742. The van der Waals surface area contributed by atoms with Crippen molar-refractivity contribution in [3.63, 3.8) is 0 Å². The molecule has 1 heterocycles. The lowest BCUT2D eigenvalue weighted by Gasteiger charge is -2.19. The highest BCUT2D eigenvalue weighted by Crippen LogP contribution is 2.33. The second kappa shape index (κ2) is 5.73. The molecule has 1 aliphatic heterocycles. The summed E-state index contributed by atoms with van der Waals surface area (Å²) in [5, 5.41) is 0. The largest absolute Gasteiger partial charge is 0.277 e. The van der Waals surface area contributed by atoms with Crippen LogP contribution in [0.2, 0.25) is 0 Å². The standard InChI is InChI=1S/C19H19NOS/c1-19(2,3)17-16-11-14(9-10-15(16)18(21)20-17)22-12-13-7-5-4-6-8-13/h4-11H,12H2,1-3H3. The van der Waals surface area contributed by atoms with E-state index in [0.717, 1.165) is 22.6 Å². The molecule has 0 aliphatic carbocycles. The van der Waals surface area contributed by atoms with Crippen molar-refractivity contribution >= 4 is 23.4 Å². The molecule has 3 rings (SSSR count). The van der Waals surface area contributed by atoms with Crippen molar-refractivity contribution in [3.8, 4) is 0 Å². The third-order valence-corrected chi connectivity index (χ3v) is 4.71. The van der Waals surface area contributed by atoms with Crippen LogP contribution in [0.5, 0.6) is 0 Å². The molecule has 1 amide bonds. The van der Waals surface area contributed by atoms with Gasteiger partial charge >= 0.3 is 0 Å². The molecule has 2 aromatic carbocycles. The number of aliphatic imine (C=N–C) groups is 1. The van der Waals surface area contributed by atoms with E-state index in [4.69, 9.17) is 0 Å². The third kappa shape index (κ3) is 3.00. The van der Waals surface area contributed by atoms with Gasteiger partial charge in [0, 0.05) is 21.6 Å². The van der Waals surface area contributed by atoms with Gasteiger partial charge in [-0.15, -0.1) is 11.8 Å². The molecule has 0 N–H and O–H groups in total. The molecule has 0 spiro atoms. The monoisotopic (exact) mass is 309 g/mol. The fourth-order valence-corrected chi connectivity index (χ4v) is 3.42. The minimum Gasteiger partial charge on any atom is -0.267 e. The fourth-order valence-electron chi connectivity index (χ4n) is 2.53. The van der Waals surface area contributed by atoms with Crippen LogP contribution in [0.3, 0.4) is 0 Å². The number of nitrogens with zero attached hydrogens (tertiary/aromatic N) is 1. The van der Waals surface area contributed by atoms with E-state index in [-0.39, 0.29) is 11.3 Å². The molecule has 0 fully saturated rings. The van der Waals surface area contributed by atoms with Gasteiger partial charge in [-0.05, 0) is 23.8 Å². The fraction of sp³-hybridized carbons (Fsp3) is 0.263. The van der Waals surface area contributed by atoms with Crippen LogP contribution in [0.15, 0.2) is 58.4 Å². The molecule has 2 nitrogen and oxygen atoms in total. The van der Waals surface area contributed by atoms with E-state index >= 15 is 0 Å². The maximum Gasteiger partial charge on any atom is 0.277 e. The summed E-state index contributed by atoms with van der Waals surface area (Å²) in [5.41, 5.74) is 3.80. The molecule has 22 heavy (non-hydrogen) atoms. The summed E-state index contributed by atoms with van der Waals surface area (Å²) in [6.45, 7) is 6.29. The van der Waals surface area contributed by atoms with E-state index < -0.39 is 0 Å². The zero-order chi connectivity index (χ0) is 15.7. The number of thioether (sulfide) groups is 1. The molecule has 0 bridgehead atoms. The minimum absolute atomic E-state index is 0.112. The summed E-state index contributed by atoms with van der Waals surface area (Å²) in [5.74, 6) is 0.815. The summed E-state index contributed by atoms with van der Waals surface area (Å²) in [6.07, 6.45) is 0. The van der Waals surface area contributed by atoms with E-state index in [2.05, 4.69) is 56.1 Å². The van der Waals surface area contributed by atoms with Gasteiger partial charge < -0.3 is 0 Å². The van der Waals surface area contributed by atoms with Gasteiger partial charge in [-0.2, -0.15) is 0 Å². The lowest BCUT2D eigenvalue weighted by Crippen LogP contribution is -2.19. The Morgan fingerprint density at radius 1 is 1.00 bits per heavy atom. The number of amides is 1. The van der Waals surface area contributed by atoms with Crippen LogP contribution in [-0.2, 0) is 5.75 Å². The Hall–Kier alpha value is -1.87. The Labute approximate surface area is 135 Å². The Morgan fingerprint density at radius 2 is 1.73 bits per heavy atom. The maximum absolute atomic E-state index is 12.0. The summed E-state index contributed by atoms with van der Waals surface area (Å²) in [6, 6.07) is 16.4. The number of hydrogen-bond acceptors (Lipinski definition) is 2. The van der Waals surface area contributed by atoms with Crippen molar-refractivity contribution in [1.29, 1.82) is 0 Å². The molecule has 0 unspecified atom stereocenters. The minimum atomic E-state index is -0.121. The first-order chi connectivity index (χ1) is 10.4. The quantitative estimate of drug-likeness (QED) is 0.749. The van der Waals surface area contributed by atoms with Crippen LogP contribution < -0.4 is 0 Å². The van der Waals surface area contributed by atoms with Crippen molar-refractivity contribution < 1.29 is 4.79 Å². The third-order valence-electron chi connectivity index (χ3n) is 3.65. The first-order valence-electron chi connectivity index (χ1n) is 7.40. The van der Waals surface area contributed by atoms with Crippen molar-refractivity contribution in [1.82, 2.24) is 0 Å². The van der Waals surface area contributed by atoms with Crippen LogP contribution in [0.25, 0.3) is 0 Å². The molecular formula is C19H19NOS. The SMILES string of the molecule is CC(C)(C)C1=NC(=O)c2ccc(SCc3ccccc3)cc21. The van der Waals surface area contributed by atoms with Crippen LogP contribution in [0.4, 0.5) is 0 Å². The highest BCUT2D eigenvalue weighted by molar-refractivity contribution is 7.98. The van der Waals surface area contributed by atoms with E-state index in [9.17, 15) is 4.79 Å². The van der Waals surface area contributed by atoms with Gasteiger partial charge in [-0.3, -0.25) is 4.79 Å². The number of rotatable bonds is 3. The van der Waals surface area contributed by atoms with Crippen molar-refractivity contribution in [3.05, 3.63) is 65.2 Å². The highest BCUT2D eigenvalue weighted by atomic mass is 32.2. The Morgan fingerprint density at radius 3 is 2.41 bits per heavy atom. The average Bonchev–Trinajstić information content (AvgIpc) is 2.83. The topological polar surface area (TPSA) is 29.4 Å². The Balaban J connectivity index is 1.85. The van der Waals surface area contributed by atoms with Gasteiger partial charge in [0.15, 0.2) is 0 Å². The number of carbonyl (C=O) groups is 1. The van der Waals surface area contributed by atoms with Gasteiger partial charge in [-0.1, -0.05) is 51.1 Å². The predicted octanol–water partition coefficient (Wildman–Crippen LogP) is 4.97. The smallest absolute Gasteiger partial charge is 0.267 e. The van der Waals surface area contributed by atoms with Crippen LogP contribution in [0.1, 0.15) is 42.3 Å². The average molecular weight is 309 g/mol. The summed E-state index contributed by atoms with van der Waals surface area (Å²) in [4.78, 5) is 17.4. The molecule has 3 heteroatoms. The maximum atomic E-state index is 12.0. The summed E-state index contributed by atoms with van der Waals surface area (Å²) < 4.78 is 0. The van der Waals surface area contributed by atoms with Gasteiger partial charge in [-0.25, -0.2) is 4.99 Å². The van der Waals surface area contributed by atoms with Crippen LogP contribution in [0, 0.1) is 5.41 Å². The van der Waals surface area contributed by atoms with Gasteiger partial charge in [0.25, 0.3) is 5.91 Å². The normalized spacial score (nSPS) is 14.0. The van der Waals surface area contributed by atoms with Crippen molar-refractivity contribution in [2.24, 2.45) is 10.4 Å². The molecule has 0 atom stereocenters. The second-order valence-electron chi connectivity index (χ2n) is 6.50. The second-order valence-corrected chi connectivity index (χ2v) is 7.55. The summed E-state index contributed by atoms with van der Waals surface area (Å²) >= 11 is 1.79. The Kier molecular flexibility index (Phi) is 3.92. The lowest BCUT2D eigenvalue weighted by atomic mass is 9.85. The molecule has 1 aliphatic rings.